The van der Waals surface area contributed by atoms with Gasteiger partial charge in [0.2, 0.25) is 5.91 Å². The topological polar surface area (TPSA) is 38.3 Å². The highest BCUT2D eigenvalue weighted by atomic mass is 19.4. The molecule has 0 aliphatic heterocycles. The van der Waals surface area contributed by atoms with Crippen LogP contribution in [0.15, 0.2) is 24.3 Å². The summed E-state index contributed by atoms with van der Waals surface area (Å²) >= 11 is 0. The van der Waals surface area contributed by atoms with E-state index < -0.39 is 11.7 Å². The smallest absolute Gasteiger partial charge is 0.375 e. The summed E-state index contributed by atoms with van der Waals surface area (Å²) in [4.78, 5) is 11.0. The van der Waals surface area contributed by atoms with E-state index in [0.29, 0.717) is 5.56 Å². The normalized spacial score (nSPS) is 11.3. The maximum atomic E-state index is 12.4. The molecule has 0 atom stereocenters. The summed E-state index contributed by atoms with van der Waals surface area (Å²) in [6, 6.07) is 4.82. The van der Waals surface area contributed by atoms with E-state index in [1.165, 1.54) is 19.2 Å². The van der Waals surface area contributed by atoms with Crippen molar-refractivity contribution in [3.63, 3.8) is 0 Å². The van der Waals surface area contributed by atoms with Crippen LogP contribution in [0.4, 0.5) is 13.2 Å². The molecule has 6 heteroatoms. The Hall–Kier alpha value is -1.56. The number of ether oxygens (including phenoxy) is 1. The molecular formula is C11H12F3NO2. The molecule has 0 radical (unpaired) electrons. The number of amides is 1. The van der Waals surface area contributed by atoms with Crippen LogP contribution in [-0.4, -0.2) is 19.6 Å². The summed E-state index contributed by atoms with van der Waals surface area (Å²) in [5.74, 6) is -0.370. The maximum absolute atomic E-state index is 12.4. The Kier molecular flexibility index (Phi) is 4.51. The van der Waals surface area contributed by atoms with Crippen LogP contribution < -0.4 is 5.32 Å². The van der Waals surface area contributed by atoms with Crippen molar-refractivity contribution in [1.29, 1.82) is 0 Å². The molecular weight excluding hydrogens is 235 g/mol. The SMILES string of the molecule is COCC(=O)NCc1cccc(C(F)(F)F)c1. The molecule has 17 heavy (non-hydrogen) atoms. The van der Waals surface area contributed by atoms with Crippen molar-refractivity contribution < 1.29 is 22.7 Å². The largest absolute Gasteiger partial charge is 0.416 e. The number of nitrogens with one attached hydrogen (secondary N) is 1. The molecule has 94 valence electrons. The van der Waals surface area contributed by atoms with Crippen molar-refractivity contribution in [2.75, 3.05) is 13.7 Å². The lowest BCUT2D eigenvalue weighted by molar-refractivity contribution is -0.137. The predicted molar refractivity (Wildman–Crippen MR) is 55.2 cm³/mol. The van der Waals surface area contributed by atoms with Crippen LogP contribution in [0.2, 0.25) is 0 Å². The van der Waals surface area contributed by atoms with Gasteiger partial charge in [-0.2, -0.15) is 13.2 Å². The highest BCUT2D eigenvalue weighted by Crippen LogP contribution is 2.29. The zero-order valence-corrected chi connectivity index (χ0v) is 9.17. The molecule has 0 aliphatic carbocycles. The van der Waals surface area contributed by atoms with E-state index in [4.69, 9.17) is 0 Å². The minimum atomic E-state index is -4.37. The Morgan fingerprint density at radius 1 is 1.41 bits per heavy atom. The third-order valence-corrected chi connectivity index (χ3v) is 2.02. The van der Waals surface area contributed by atoms with Gasteiger partial charge in [-0.1, -0.05) is 12.1 Å². The number of alkyl halides is 3. The van der Waals surface area contributed by atoms with Gasteiger partial charge in [0.15, 0.2) is 0 Å². The maximum Gasteiger partial charge on any atom is 0.416 e. The predicted octanol–water partition coefficient (Wildman–Crippen LogP) is 1.97. The number of carbonyl (C=O) groups is 1. The molecule has 0 unspecified atom stereocenters. The summed E-state index contributed by atoms with van der Waals surface area (Å²) in [6.45, 7) is -0.0644. The molecule has 0 aromatic heterocycles. The van der Waals surface area contributed by atoms with E-state index in [-0.39, 0.29) is 19.1 Å². The summed E-state index contributed by atoms with van der Waals surface area (Å²) in [7, 11) is 1.36. The standard InChI is InChI=1S/C11H12F3NO2/c1-17-7-10(16)15-6-8-3-2-4-9(5-8)11(12,13)14/h2-5H,6-7H2,1H3,(H,15,16). The Morgan fingerprint density at radius 2 is 2.12 bits per heavy atom. The average molecular weight is 247 g/mol. The fraction of sp³-hybridized carbons (Fsp3) is 0.364. The second-order valence-electron chi connectivity index (χ2n) is 3.41. The molecule has 0 bridgehead atoms. The lowest BCUT2D eigenvalue weighted by Crippen LogP contribution is -2.26. The number of benzene rings is 1. The van der Waals surface area contributed by atoms with Gasteiger partial charge in [-0.25, -0.2) is 0 Å². The summed E-state index contributed by atoms with van der Waals surface area (Å²) in [5.41, 5.74) is -0.333. The van der Waals surface area contributed by atoms with E-state index in [2.05, 4.69) is 10.1 Å². The molecule has 0 heterocycles. The van der Waals surface area contributed by atoms with Crippen LogP contribution >= 0.6 is 0 Å². The molecule has 0 saturated carbocycles. The fourth-order valence-electron chi connectivity index (χ4n) is 1.24. The molecule has 1 aromatic carbocycles. The average Bonchev–Trinajstić information content (AvgIpc) is 2.26. The van der Waals surface area contributed by atoms with Gasteiger partial charge in [0, 0.05) is 13.7 Å². The number of methoxy groups -OCH3 is 1. The molecule has 0 aliphatic rings. The highest BCUT2D eigenvalue weighted by Gasteiger charge is 2.30. The monoisotopic (exact) mass is 247 g/mol. The first kappa shape index (κ1) is 13.5. The number of hydrogen-bond acceptors (Lipinski definition) is 2. The van der Waals surface area contributed by atoms with Crippen molar-refractivity contribution in [2.24, 2.45) is 0 Å². The van der Waals surface area contributed by atoms with Crippen LogP contribution in [0.25, 0.3) is 0 Å². The van der Waals surface area contributed by atoms with Crippen molar-refractivity contribution in [2.45, 2.75) is 12.7 Å². The van der Waals surface area contributed by atoms with Gasteiger partial charge in [0.1, 0.15) is 6.61 Å². The van der Waals surface area contributed by atoms with E-state index in [1.807, 2.05) is 0 Å². The minimum Gasteiger partial charge on any atom is -0.375 e. The Morgan fingerprint density at radius 3 is 2.71 bits per heavy atom. The van der Waals surface area contributed by atoms with Crippen LogP contribution in [0, 0.1) is 0 Å². The van der Waals surface area contributed by atoms with Gasteiger partial charge in [0.05, 0.1) is 5.56 Å². The zero-order valence-electron chi connectivity index (χ0n) is 9.17. The Bertz CT molecular complexity index is 391. The molecule has 3 nitrogen and oxygen atoms in total. The van der Waals surface area contributed by atoms with E-state index in [1.54, 1.807) is 0 Å². The molecule has 0 spiro atoms. The van der Waals surface area contributed by atoms with Crippen LogP contribution in [-0.2, 0) is 22.3 Å². The first-order valence-corrected chi connectivity index (χ1v) is 4.85. The van der Waals surface area contributed by atoms with Crippen LogP contribution in [0.5, 0.6) is 0 Å². The third kappa shape index (κ3) is 4.44. The van der Waals surface area contributed by atoms with Gasteiger partial charge < -0.3 is 10.1 Å². The zero-order chi connectivity index (χ0) is 12.9. The van der Waals surface area contributed by atoms with Crippen molar-refractivity contribution in [3.05, 3.63) is 35.4 Å². The van der Waals surface area contributed by atoms with Crippen molar-refractivity contribution in [3.8, 4) is 0 Å². The van der Waals surface area contributed by atoms with Crippen molar-refractivity contribution in [1.82, 2.24) is 5.32 Å². The van der Waals surface area contributed by atoms with Gasteiger partial charge in [-0.3, -0.25) is 4.79 Å². The molecule has 0 saturated heterocycles. The fourth-order valence-corrected chi connectivity index (χ4v) is 1.24. The lowest BCUT2D eigenvalue weighted by Gasteiger charge is -2.09. The molecule has 1 N–H and O–H groups in total. The number of halogens is 3. The van der Waals surface area contributed by atoms with Gasteiger partial charge in [0.25, 0.3) is 0 Å². The van der Waals surface area contributed by atoms with Gasteiger partial charge >= 0.3 is 6.18 Å². The third-order valence-electron chi connectivity index (χ3n) is 2.02. The van der Waals surface area contributed by atoms with Gasteiger partial charge in [-0.05, 0) is 17.7 Å². The van der Waals surface area contributed by atoms with Gasteiger partial charge in [-0.15, -0.1) is 0 Å². The highest BCUT2D eigenvalue weighted by molar-refractivity contribution is 5.77. The molecule has 0 fully saturated rings. The Labute approximate surface area is 96.6 Å². The minimum absolute atomic E-state index is 0.0477. The second-order valence-corrected chi connectivity index (χ2v) is 3.41. The van der Waals surface area contributed by atoms with Crippen LogP contribution in [0.1, 0.15) is 11.1 Å². The number of rotatable bonds is 4. The second kappa shape index (κ2) is 5.67. The number of carbonyl (C=O) groups excluding carboxylic acids is 1. The molecule has 1 amide bonds. The first-order valence-electron chi connectivity index (χ1n) is 4.85. The molecule has 1 rings (SSSR count). The van der Waals surface area contributed by atoms with E-state index in [0.717, 1.165) is 12.1 Å². The number of hydrogen-bond donors (Lipinski definition) is 1. The Balaban J connectivity index is 2.64. The quantitative estimate of drug-likeness (QED) is 0.883. The van der Waals surface area contributed by atoms with E-state index >= 15 is 0 Å². The summed E-state index contributed by atoms with van der Waals surface area (Å²) in [5, 5.41) is 2.45. The molecule has 1 aromatic rings. The first-order chi connectivity index (χ1) is 7.93. The summed E-state index contributed by atoms with van der Waals surface area (Å²) < 4.78 is 41.7. The summed E-state index contributed by atoms with van der Waals surface area (Å²) in [6.07, 6.45) is -4.37. The van der Waals surface area contributed by atoms with E-state index in [9.17, 15) is 18.0 Å². The van der Waals surface area contributed by atoms with Crippen LogP contribution in [0.3, 0.4) is 0 Å². The lowest BCUT2D eigenvalue weighted by atomic mass is 10.1. The van der Waals surface area contributed by atoms with Crippen molar-refractivity contribution >= 4 is 5.91 Å².